The molecule has 1 amide bonds. The van der Waals surface area contributed by atoms with E-state index in [2.05, 4.69) is 14.4 Å². The normalized spacial score (nSPS) is 11.2. The van der Waals surface area contributed by atoms with E-state index >= 15 is 0 Å². The van der Waals surface area contributed by atoms with Crippen LogP contribution in [-0.4, -0.2) is 33.3 Å². The fourth-order valence-electron chi connectivity index (χ4n) is 0.459. The van der Waals surface area contributed by atoms with Gasteiger partial charge in [0.15, 0.2) is 0 Å². The average Bonchev–Trinajstić information content (AvgIpc) is 2.04. The lowest BCUT2D eigenvalue weighted by Gasteiger charge is -2.11. The summed E-state index contributed by atoms with van der Waals surface area (Å²) in [5.41, 5.74) is 0. The predicted octanol–water partition coefficient (Wildman–Crippen LogP) is 0.218. The highest BCUT2D eigenvalue weighted by molar-refractivity contribution is 7.54. The Morgan fingerprint density at radius 2 is 1.91 bits per heavy atom. The third-order valence-electron chi connectivity index (χ3n) is 1.17. The minimum atomic E-state index is -3.17. The fourth-order valence-corrected chi connectivity index (χ4v) is 1.38. The van der Waals surface area contributed by atoms with Crippen molar-refractivity contribution in [3.8, 4) is 0 Å². The van der Waals surface area contributed by atoms with Gasteiger partial charge in [0.05, 0.1) is 0 Å². The first kappa shape index (κ1) is 10.6. The molecule has 0 heterocycles. The van der Waals surface area contributed by atoms with E-state index < -0.39 is 7.60 Å². The second kappa shape index (κ2) is 4.49. The van der Waals surface area contributed by atoms with Gasteiger partial charge in [-0.3, -0.25) is 9.36 Å². The molecule has 5 nitrogen and oxygen atoms in total. The molecule has 0 bridgehead atoms. The molecule has 0 aliphatic rings. The Labute approximate surface area is 65.6 Å². The predicted molar refractivity (Wildman–Crippen MR) is 40.6 cm³/mol. The highest BCUT2D eigenvalue weighted by Gasteiger charge is 2.24. The largest absolute Gasteiger partial charge is 0.359 e. The first-order chi connectivity index (χ1) is 5.08. The van der Waals surface area contributed by atoms with Crippen LogP contribution in [0.15, 0.2) is 0 Å². The van der Waals surface area contributed by atoms with Gasteiger partial charge in [-0.25, -0.2) is 0 Å². The van der Waals surface area contributed by atoms with Crippen LogP contribution in [-0.2, 0) is 18.4 Å². The molecule has 66 valence electrons. The van der Waals surface area contributed by atoms with E-state index in [-0.39, 0.29) is 12.1 Å². The third-order valence-corrected chi connectivity index (χ3v) is 2.96. The molecule has 0 saturated heterocycles. The van der Waals surface area contributed by atoms with Gasteiger partial charge in [-0.05, 0) is 0 Å². The van der Waals surface area contributed by atoms with Crippen molar-refractivity contribution in [3.63, 3.8) is 0 Å². The van der Waals surface area contributed by atoms with Gasteiger partial charge in [0.25, 0.3) is 0 Å². The van der Waals surface area contributed by atoms with Gasteiger partial charge in [0, 0.05) is 21.3 Å². The Morgan fingerprint density at radius 3 is 2.18 bits per heavy atom. The van der Waals surface area contributed by atoms with Crippen LogP contribution in [0.5, 0.6) is 0 Å². The summed E-state index contributed by atoms with van der Waals surface area (Å²) in [5, 5.41) is 2.32. The Bertz CT molecular complexity index is 173. The molecule has 6 heteroatoms. The van der Waals surface area contributed by atoms with Gasteiger partial charge in [-0.2, -0.15) is 0 Å². The van der Waals surface area contributed by atoms with Crippen molar-refractivity contribution in [2.24, 2.45) is 0 Å². The summed E-state index contributed by atoms with van der Waals surface area (Å²) < 4.78 is 20.3. The monoisotopic (exact) mass is 181 g/mol. The number of carbonyl (C=O) groups is 1. The van der Waals surface area contributed by atoms with Crippen LogP contribution in [0, 0.1) is 0 Å². The molecule has 0 radical (unpaired) electrons. The summed E-state index contributed by atoms with van der Waals surface area (Å²) in [6, 6.07) is 0. The van der Waals surface area contributed by atoms with Gasteiger partial charge in [0.1, 0.15) is 6.16 Å². The van der Waals surface area contributed by atoms with E-state index in [4.69, 9.17) is 0 Å². The second-order valence-electron chi connectivity index (χ2n) is 1.81. The van der Waals surface area contributed by atoms with Crippen molar-refractivity contribution in [3.05, 3.63) is 0 Å². The van der Waals surface area contributed by atoms with Gasteiger partial charge in [-0.15, -0.1) is 0 Å². The Balaban J connectivity index is 4.09. The maximum Gasteiger partial charge on any atom is 0.339 e. The summed E-state index contributed by atoms with van der Waals surface area (Å²) in [7, 11) is 0.777. The smallest absolute Gasteiger partial charge is 0.339 e. The van der Waals surface area contributed by atoms with Gasteiger partial charge in [0.2, 0.25) is 5.91 Å². The zero-order chi connectivity index (χ0) is 8.91. The Kier molecular flexibility index (Phi) is 4.33. The number of hydrogen-bond acceptors (Lipinski definition) is 4. The molecule has 0 fully saturated rings. The van der Waals surface area contributed by atoms with Crippen molar-refractivity contribution in [1.29, 1.82) is 0 Å². The second-order valence-corrected chi connectivity index (χ2v) is 4.08. The van der Waals surface area contributed by atoms with Crippen molar-refractivity contribution < 1.29 is 18.4 Å². The van der Waals surface area contributed by atoms with Crippen molar-refractivity contribution in [2.75, 3.05) is 27.4 Å². The van der Waals surface area contributed by atoms with Crippen LogP contribution in [0.25, 0.3) is 0 Å². The molecule has 0 saturated carbocycles. The third kappa shape index (κ3) is 3.51. The molecule has 0 rings (SSSR count). The first-order valence-electron chi connectivity index (χ1n) is 2.99. The SMILES string of the molecule is CNC(=O)CP(=O)(OC)OC. The fraction of sp³-hybridized carbons (Fsp3) is 0.800. The minimum absolute atomic E-state index is 0.240. The maximum absolute atomic E-state index is 11.2. The van der Waals surface area contributed by atoms with Crippen LogP contribution in [0.1, 0.15) is 0 Å². The molecular formula is C5H12NO4P. The zero-order valence-corrected chi connectivity index (χ0v) is 7.68. The van der Waals surface area contributed by atoms with Gasteiger partial charge in [-0.1, -0.05) is 0 Å². The first-order valence-corrected chi connectivity index (χ1v) is 4.72. The Morgan fingerprint density at radius 1 is 1.45 bits per heavy atom. The van der Waals surface area contributed by atoms with E-state index in [9.17, 15) is 9.36 Å². The van der Waals surface area contributed by atoms with Crippen molar-refractivity contribution >= 4 is 13.5 Å². The lowest BCUT2D eigenvalue weighted by atomic mass is 10.7. The molecule has 0 unspecified atom stereocenters. The zero-order valence-electron chi connectivity index (χ0n) is 6.79. The lowest BCUT2D eigenvalue weighted by molar-refractivity contribution is -0.118. The van der Waals surface area contributed by atoms with Crippen LogP contribution in [0.3, 0.4) is 0 Å². The summed E-state index contributed by atoms with van der Waals surface area (Å²) >= 11 is 0. The Hall–Kier alpha value is -0.380. The van der Waals surface area contributed by atoms with Crippen LogP contribution >= 0.6 is 7.60 Å². The van der Waals surface area contributed by atoms with Crippen LogP contribution < -0.4 is 5.32 Å². The van der Waals surface area contributed by atoms with Crippen molar-refractivity contribution in [1.82, 2.24) is 5.32 Å². The minimum Gasteiger partial charge on any atom is -0.359 e. The molecule has 0 aromatic rings. The number of nitrogens with one attached hydrogen (secondary N) is 1. The molecular weight excluding hydrogens is 169 g/mol. The number of hydrogen-bond donors (Lipinski definition) is 1. The number of carbonyl (C=O) groups excluding carboxylic acids is 1. The summed E-state index contributed by atoms with van der Waals surface area (Å²) in [6.07, 6.45) is -0.240. The topological polar surface area (TPSA) is 64.6 Å². The molecule has 0 spiro atoms. The van der Waals surface area contributed by atoms with E-state index in [0.717, 1.165) is 0 Å². The van der Waals surface area contributed by atoms with Gasteiger partial charge >= 0.3 is 7.60 Å². The average molecular weight is 181 g/mol. The summed E-state index contributed by atoms with van der Waals surface area (Å²) in [4.78, 5) is 10.7. The quantitative estimate of drug-likeness (QED) is 0.630. The van der Waals surface area contributed by atoms with Gasteiger partial charge < -0.3 is 14.4 Å². The van der Waals surface area contributed by atoms with Crippen LogP contribution in [0.4, 0.5) is 0 Å². The molecule has 0 aliphatic carbocycles. The summed E-state index contributed by atoms with van der Waals surface area (Å²) in [6.45, 7) is 0. The molecule has 0 aromatic heterocycles. The maximum atomic E-state index is 11.2. The highest BCUT2D eigenvalue weighted by atomic mass is 31.2. The summed E-state index contributed by atoms with van der Waals surface area (Å²) in [5.74, 6) is -0.364. The van der Waals surface area contributed by atoms with Crippen molar-refractivity contribution in [2.45, 2.75) is 0 Å². The van der Waals surface area contributed by atoms with E-state index in [1.165, 1.54) is 21.3 Å². The van der Waals surface area contributed by atoms with Crippen LogP contribution in [0.2, 0.25) is 0 Å². The van der Waals surface area contributed by atoms with E-state index in [1.807, 2.05) is 0 Å². The molecule has 0 aliphatic heterocycles. The highest BCUT2D eigenvalue weighted by Crippen LogP contribution is 2.45. The molecule has 0 atom stereocenters. The standard InChI is InChI=1S/C5H12NO4P/c1-6-5(7)4-11(8,9-2)10-3/h4H2,1-3H3,(H,6,7). The molecule has 1 N–H and O–H groups in total. The molecule has 11 heavy (non-hydrogen) atoms. The van der Waals surface area contributed by atoms with E-state index in [1.54, 1.807) is 0 Å². The number of rotatable bonds is 4. The van der Waals surface area contributed by atoms with E-state index in [0.29, 0.717) is 0 Å². The lowest BCUT2D eigenvalue weighted by Crippen LogP contribution is -2.22. The molecule has 0 aromatic carbocycles. The number of amides is 1.